The van der Waals surface area contributed by atoms with Crippen molar-refractivity contribution in [3.8, 4) is 0 Å². The van der Waals surface area contributed by atoms with Gasteiger partial charge in [-0.15, -0.1) is 11.3 Å². The monoisotopic (exact) mass is 293 g/mol. The maximum Gasteiger partial charge on any atom is 0.355 e. The van der Waals surface area contributed by atoms with Crippen molar-refractivity contribution in [3.05, 3.63) is 50.3 Å². The van der Waals surface area contributed by atoms with Crippen LogP contribution in [0, 0.1) is 0 Å². The van der Waals surface area contributed by atoms with Crippen LogP contribution in [-0.2, 0) is 0 Å². The lowest BCUT2D eigenvalue weighted by molar-refractivity contribution is 0.0691. The third-order valence-corrected chi connectivity index (χ3v) is 3.56. The summed E-state index contributed by atoms with van der Waals surface area (Å²) in [5.41, 5.74) is -0.461. The highest BCUT2D eigenvalue weighted by Crippen LogP contribution is 2.18. The molecule has 2 rings (SSSR count). The number of hydrogen-bond acceptors (Lipinski definition) is 5. The molecule has 0 saturated heterocycles. The molecule has 20 heavy (non-hydrogen) atoms. The van der Waals surface area contributed by atoms with Gasteiger partial charge in [-0.3, -0.25) is 9.59 Å². The van der Waals surface area contributed by atoms with E-state index in [-0.39, 0.29) is 16.7 Å². The second-order valence-corrected chi connectivity index (χ2v) is 4.88. The van der Waals surface area contributed by atoms with Crippen LogP contribution in [0.15, 0.2) is 28.6 Å². The van der Waals surface area contributed by atoms with Crippen molar-refractivity contribution in [3.63, 3.8) is 0 Å². The van der Waals surface area contributed by atoms with Crippen LogP contribution in [0.5, 0.6) is 0 Å². The van der Waals surface area contributed by atoms with E-state index >= 15 is 0 Å². The van der Waals surface area contributed by atoms with Crippen LogP contribution in [-0.4, -0.2) is 27.0 Å². The number of aromatic carboxylic acids is 1. The Morgan fingerprint density at radius 1 is 1.50 bits per heavy atom. The molecule has 2 aromatic heterocycles. The molecule has 1 amide bonds. The Bertz CT molecular complexity index is 706. The number of amides is 1. The molecular formula is C12H11N3O4S. The normalized spacial score (nSPS) is 11.8. The molecule has 0 bridgehead atoms. The maximum absolute atomic E-state index is 11.9. The van der Waals surface area contributed by atoms with Crippen molar-refractivity contribution in [2.45, 2.75) is 13.0 Å². The Balaban J connectivity index is 2.13. The molecular weight excluding hydrogens is 282 g/mol. The van der Waals surface area contributed by atoms with Gasteiger partial charge in [0.05, 0.1) is 6.04 Å². The molecule has 0 aliphatic rings. The highest BCUT2D eigenvalue weighted by molar-refractivity contribution is 7.09. The highest BCUT2D eigenvalue weighted by atomic mass is 32.1. The molecule has 0 radical (unpaired) electrons. The first-order chi connectivity index (χ1) is 9.49. The van der Waals surface area contributed by atoms with E-state index in [0.717, 1.165) is 11.3 Å². The van der Waals surface area contributed by atoms with Gasteiger partial charge < -0.3 is 15.4 Å². The summed E-state index contributed by atoms with van der Waals surface area (Å²) in [5, 5.41) is 13.2. The number of hydrogen-bond donors (Lipinski definition) is 3. The lowest BCUT2D eigenvalue weighted by Gasteiger charge is -2.10. The lowest BCUT2D eigenvalue weighted by atomic mass is 10.2. The summed E-state index contributed by atoms with van der Waals surface area (Å²) in [6, 6.07) is 0.770. The summed E-state index contributed by atoms with van der Waals surface area (Å²) in [6.45, 7) is 1.67. The third-order valence-electron chi connectivity index (χ3n) is 2.53. The molecule has 7 nitrogen and oxygen atoms in total. The first-order valence-electron chi connectivity index (χ1n) is 5.65. The zero-order valence-electron chi connectivity index (χ0n) is 10.4. The van der Waals surface area contributed by atoms with Crippen LogP contribution < -0.4 is 10.7 Å². The Labute approximate surface area is 117 Å². The number of carboxylic acid groups (broad SMARTS) is 1. The number of thiazole rings is 1. The Kier molecular flexibility index (Phi) is 3.94. The number of rotatable bonds is 4. The molecule has 0 saturated carbocycles. The van der Waals surface area contributed by atoms with E-state index < -0.39 is 17.9 Å². The number of carbonyl (C=O) groups excluding carboxylic acids is 1. The largest absolute Gasteiger partial charge is 0.476 e. The second kappa shape index (κ2) is 5.66. The van der Waals surface area contributed by atoms with Gasteiger partial charge in [-0.25, -0.2) is 9.78 Å². The molecule has 0 fully saturated rings. The number of aromatic nitrogens is 2. The third kappa shape index (κ3) is 2.91. The Morgan fingerprint density at radius 2 is 2.25 bits per heavy atom. The molecule has 104 valence electrons. The summed E-state index contributed by atoms with van der Waals surface area (Å²) in [5.74, 6) is -1.66. The average Bonchev–Trinajstić information content (AvgIpc) is 2.88. The van der Waals surface area contributed by atoms with E-state index in [0.29, 0.717) is 5.01 Å². The number of pyridine rings is 1. The topological polar surface area (TPSA) is 112 Å². The summed E-state index contributed by atoms with van der Waals surface area (Å²) >= 11 is 1.13. The van der Waals surface area contributed by atoms with E-state index in [1.54, 1.807) is 6.92 Å². The first-order valence-corrected chi connectivity index (χ1v) is 6.53. The van der Waals surface area contributed by atoms with E-state index in [1.165, 1.54) is 23.8 Å². The molecule has 1 atom stereocenters. The summed E-state index contributed by atoms with van der Waals surface area (Å²) in [7, 11) is 0. The van der Waals surface area contributed by atoms with Crippen molar-refractivity contribution < 1.29 is 14.7 Å². The predicted molar refractivity (Wildman–Crippen MR) is 72.0 cm³/mol. The van der Waals surface area contributed by atoms with Crippen LogP contribution in [0.4, 0.5) is 0 Å². The molecule has 0 aliphatic carbocycles. The number of carboxylic acids is 1. The highest BCUT2D eigenvalue weighted by Gasteiger charge is 2.17. The number of aromatic amines is 1. The van der Waals surface area contributed by atoms with Crippen LogP contribution in [0.3, 0.4) is 0 Å². The number of nitrogens with one attached hydrogen (secondary N) is 2. The van der Waals surface area contributed by atoms with E-state index in [2.05, 4.69) is 15.3 Å². The van der Waals surface area contributed by atoms with E-state index in [4.69, 9.17) is 5.11 Å². The van der Waals surface area contributed by atoms with Crippen LogP contribution in [0.25, 0.3) is 0 Å². The van der Waals surface area contributed by atoms with Gasteiger partial charge >= 0.3 is 5.97 Å². The van der Waals surface area contributed by atoms with E-state index in [9.17, 15) is 14.4 Å². The minimum atomic E-state index is -1.12. The zero-order valence-corrected chi connectivity index (χ0v) is 11.2. The average molecular weight is 293 g/mol. The minimum Gasteiger partial charge on any atom is -0.476 e. The van der Waals surface area contributed by atoms with Crippen LogP contribution in [0.1, 0.15) is 38.8 Å². The number of carbonyl (C=O) groups is 2. The summed E-state index contributed by atoms with van der Waals surface area (Å²) in [6.07, 6.45) is 2.75. The SMILES string of the molecule is CC(NC(=O)c1c[nH]ccc1=O)c1nc(C(=O)O)cs1. The first kappa shape index (κ1) is 13.9. The van der Waals surface area contributed by atoms with Gasteiger partial charge in [0.25, 0.3) is 5.91 Å². The van der Waals surface area contributed by atoms with Crippen molar-refractivity contribution in [1.82, 2.24) is 15.3 Å². The van der Waals surface area contributed by atoms with E-state index in [1.807, 2.05) is 0 Å². The van der Waals surface area contributed by atoms with Gasteiger partial charge in [-0.2, -0.15) is 0 Å². The smallest absolute Gasteiger partial charge is 0.355 e. The molecule has 8 heteroatoms. The summed E-state index contributed by atoms with van der Waals surface area (Å²) < 4.78 is 0. The fourth-order valence-electron chi connectivity index (χ4n) is 1.51. The molecule has 2 heterocycles. The molecule has 0 spiro atoms. The maximum atomic E-state index is 11.9. The number of nitrogens with zero attached hydrogens (tertiary/aromatic N) is 1. The molecule has 0 aliphatic heterocycles. The van der Waals surface area contributed by atoms with Crippen molar-refractivity contribution in [2.75, 3.05) is 0 Å². The molecule has 3 N–H and O–H groups in total. The van der Waals surface area contributed by atoms with Crippen LogP contribution >= 0.6 is 11.3 Å². The quantitative estimate of drug-likeness (QED) is 0.779. The van der Waals surface area contributed by atoms with Gasteiger partial charge in [0, 0.05) is 23.8 Å². The standard InChI is InChI=1S/C12H11N3O4S/c1-6(11-15-8(5-20-11)12(18)19)14-10(17)7-4-13-3-2-9(7)16/h2-6H,1H3,(H,13,16)(H,14,17)(H,18,19). The number of H-pyrrole nitrogens is 1. The van der Waals surface area contributed by atoms with Gasteiger partial charge in [0.2, 0.25) is 0 Å². The molecule has 1 unspecified atom stereocenters. The van der Waals surface area contributed by atoms with Gasteiger partial charge in [0.15, 0.2) is 11.1 Å². The zero-order chi connectivity index (χ0) is 14.7. The second-order valence-electron chi connectivity index (χ2n) is 3.99. The van der Waals surface area contributed by atoms with Gasteiger partial charge in [0.1, 0.15) is 10.6 Å². The van der Waals surface area contributed by atoms with Crippen molar-refractivity contribution in [1.29, 1.82) is 0 Å². The Morgan fingerprint density at radius 3 is 2.85 bits per heavy atom. The summed E-state index contributed by atoms with van der Waals surface area (Å²) in [4.78, 5) is 40.7. The van der Waals surface area contributed by atoms with Gasteiger partial charge in [-0.05, 0) is 6.92 Å². The fraction of sp³-hybridized carbons (Fsp3) is 0.167. The predicted octanol–water partition coefficient (Wildman–Crippen LogP) is 1.02. The molecule has 0 aromatic carbocycles. The van der Waals surface area contributed by atoms with Gasteiger partial charge in [-0.1, -0.05) is 0 Å². The fourth-order valence-corrected chi connectivity index (χ4v) is 2.31. The molecule has 2 aromatic rings. The van der Waals surface area contributed by atoms with Crippen LogP contribution in [0.2, 0.25) is 0 Å². The Hall–Kier alpha value is -2.48. The minimum absolute atomic E-state index is 0.00522. The van der Waals surface area contributed by atoms with Crippen molar-refractivity contribution in [2.24, 2.45) is 0 Å². The lowest BCUT2D eigenvalue weighted by Crippen LogP contribution is -2.30. The van der Waals surface area contributed by atoms with Crippen molar-refractivity contribution >= 4 is 23.2 Å².